The van der Waals surface area contributed by atoms with Crippen molar-refractivity contribution in [2.75, 3.05) is 13.2 Å². The predicted octanol–water partition coefficient (Wildman–Crippen LogP) is 9.80. The Morgan fingerprint density at radius 1 is 0.909 bits per heavy atom. The Labute approximate surface area is 269 Å². The summed E-state index contributed by atoms with van der Waals surface area (Å²) in [5.41, 5.74) is 4.09. The fourth-order valence-electron chi connectivity index (χ4n) is 12.7. The first-order valence-electron chi connectivity index (χ1n) is 18.3. The van der Waals surface area contributed by atoms with Gasteiger partial charge in [-0.2, -0.15) is 0 Å². The van der Waals surface area contributed by atoms with Crippen LogP contribution in [0.5, 0.6) is 0 Å². The molecule has 5 fully saturated rings. The number of pyridine rings is 1. The molecule has 6 rings (SSSR count). The number of hydrogen-bond acceptors (Lipinski definition) is 4. The summed E-state index contributed by atoms with van der Waals surface area (Å²) in [6.45, 7) is 26.1. The number of hydrogen-bond donors (Lipinski definition) is 1. The first kappa shape index (κ1) is 32.5. The second kappa shape index (κ2) is 11.7. The van der Waals surface area contributed by atoms with Crippen molar-refractivity contribution in [3.05, 3.63) is 42.4 Å². The minimum Gasteiger partial charge on any atom is -0.388 e. The van der Waals surface area contributed by atoms with Gasteiger partial charge in [-0.25, -0.2) is 9.78 Å². The molecule has 10 unspecified atom stereocenters. The van der Waals surface area contributed by atoms with Crippen LogP contribution in [0.4, 0.5) is 0 Å². The molecule has 0 amide bonds. The lowest BCUT2D eigenvalue weighted by Crippen LogP contribution is -2.63. The second-order valence-electron chi connectivity index (χ2n) is 18.5. The van der Waals surface area contributed by atoms with Crippen molar-refractivity contribution < 1.29 is 9.78 Å². The number of rotatable bonds is 8. The average Bonchev–Trinajstić information content (AvgIpc) is 3.32. The molecule has 0 bridgehead atoms. The molecular formula is C40H64N2O2. The number of fused-ring (bicyclic) bond motifs is 7. The van der Waals surface area contributed by atoms with Crippen LogP contribution in [0.1, 0.15) is 125 Å². The van der Waals surface area contributed by atoms with Crippen LogP contribution in [0.3, 0.4) is 0 Å². The van der Waals surface area contributed by atoms with E-state index < -0.39 is 0 Å². The Bertz CT molecular complexity index is 1170. The molecule has 44 heavy (non-hydrogen) atoms. The topological polar surface area (TPSA) is 43.4 Å². The molecule has 1 aromatic heterocycles. The standard InChI is InChI=1S/C40H64N2O2/c1-27-12-21-40(28(2)42-25-18-29-16-23-41-24-17-29)22-13-31-30(35(27)40)10-11-33-38(31,8)19-14-32-37(6,7)34(15-20-39(32,33)9)44-43-26-36(3,4)5/h16-17,23-24,27,30-35,42H,2,10-15,18-22,25-26H2,1,3-9H3. The maximum absolute atomic E-state index is 6.24. The van der Waals surface area contributed by atoms with Crippen LogP contribution in [0.15, 0.2) is 36.8 Å². The number of allylic oxidation sites excluding steroid dienone is 1. The van der Waals surface area contributed by atoms with E-state index in [1.807, 2.05) is 12.4 Å². The Morgan fingerprint density at radius 3 is 2.34 bits per heavy atom. The predicted molar refractivity (Wildman–Crippen MR) is 181 cm³/mol. The lowest BCUT2D eigenvalue weighted by Gasteiger charge is -2.69. The highest BCUT2D eigenvalue weighted by molar-refractivity contribution is 5.22. The van der Waals surface area contributed by atoms with E-state index in [-0.39, 0.29) is 22.3 Å². The summed E-state index contributed by atoms with van der Waals surface area (Å²) in [5.74, 6) is 4.80. The summed E-state index contributed by atoms with van der Waals surface area (Å²) in [6.07, 6.45) is 18.4. The normalized spacial score (nSPS) is 42.9. The molecule has 0 saturated heterocycles. The van der Waals surface area contributed by atoms with Crippen molar-refractivity contribution in [2.45, 2.75) is 132 Å². The van der Waals surface area contributed by atoms with Gasteiger partial charge in [-0.1, -0.05) is 62.0 Å². The largest absolute Gasteiger partial charge is 0.388 e. The van der Waals surface area contributed by atoms with Crippen LogP contribution >= 0.6 is 0 Å². The highest BCUT2D eigenvalue weighted by atomic mass is 17.2. The number of nitrogens with one attached hydrogen (secondary N) is 1. The molecule has 5 aliphatic rings. The molecule has 0 spiro atoms. The molecule has 0 radical (unpaired) electrons. The molecule has 1 aromatic rings. The first-order valence-corrected chi connectivity index (χ1v) is 18.3. The molecule has 5 saturated carbocycles. The van der Waals surface area contributed by atoms with Crippen LogP contribution in [0, 0.1) is 62.6 Å². The summed E-state index contributed by atoms with van der Waals surface area (Å²) in [7, 11) is 0. The van der Waals surface area contributed by atoms with Crippen LogP contribution < -0.4 is 5.32 Å². The van der Waals surface area contributed by atoms with Crippen LogP contribution in [-0.2, 0) is 16.2 Å². The summed E-state index contributed by atoms with van der Waals surface area (Å²) in [6, 6.07) is 4.29. The van der Waals surface area contributed by atoms with Gasteiger partial charge in [-0.3, -0.25) is 4.98 Å². The van der Waals surface area contributed by atoms with E-state index in [0.29, 0.717) is 23.4 Å². The fourth-order valence-corrected chi connectivity index (χ4v) is 12.7. The van der Waals surface area contributed by atoms with Crippen molar-refractivity contribution >= 4 is 0 Å². The van der Waals surface area contributed by atoms with E-state index in [4.69, 9.17) is 16.4 Å². The summed E-state index contributed by atoms with van der Waals surface area (Å²) in [4.78, 5) is 16.3. The highest BCUT2D eigenvalue weighted by Gasteiger charge is 2.67. The number of nitrogens with zero attached hydrogens (tertiary/aromatic N) is 1. The highest BCUT2D eigenvalue weighted by Crippen LogP contribution is 2.74. The third kappa shape index (κ3) is 5.40. The summed E-state index contributed by atoms with van der Waals surface area (Å²) >= 11 is 0. The Hall–Kier alpha value is -1.39. The zero-order valence-electron chi connectivity index (χ0n) is 29.5. The first-order chi connectivity index (χ1) is 20.7. The van der Waals surface area contributed by atoms with Gasteiger partial charge in [0, 0.05) is 30.1 Å². The molecule has 1 N–H and O–H groups in total. The van der Waals surface area contributed by atoms with E-state index >= 15 is 0 Å². The quantitative estimate of drug-likeness (QED) is 0.237. The maximum Gasteiger partial charge on any atom is 0.0983 e. The molecular weight excluding hydrogens is 540 g/mol. The zero-order chi connectivity index (χ0) is 31.5. The van der Waals surface area contributed by atoms with Crippen LogP contribution in [0.2, 0.25) is 0 Å². The Balaban J connectivity index is 1.17. The van der Waals surface area contributed by atoms with Crippen molar-refractivity contribution in [1.29, 1.82) is 0 Å². The molecule has 0 aliphatic heterocycles. The molecule has 5 aliphatic carbocycles. The molecule has 4 heteroatoms. The Morgan fingerprint density at radius 2 is 1.61 bits per heavy atom. The van der Waals surface area contributed by atoms with E-state index in [1.54, 1.807) is 0 Å². The Kier molecular flexibility index (Phi) is 8.65. The van der Waals surface area contributed by atoms with Gasteiger partial charge < -0.3 is 5.32 Å². The lowest BCUT2D eigenvalue weighted by molar-refractivity contribution is -0.370. The van der Waals surface area contributed by atoms with Crippen molar-refractivity contribution in [2.24, 2.45) is 62.6 Å². The van der Waals surface area contributed by atoms with Crippen LogP contribution in [0.25, 0.3) is 0 Å². The van der Waals surface area contributed by atoms with Gasteiger partial charge in [0.15, 0.2) is 0 Å². The molecule has 0 aromatic carbocycles. The van der Waals surface area contributed by atoms with Gasteiger partial charge in [0.05, 0.1) is 12.7 Å². The van der Waals surface area contributed by atoms with Gasteiger partial charge in [0.1, 0.15) is 0 Å². The van der Waals surface area contributed by atoms with Gasteiger partial charge in [-0.05, 0) is 145 Å². The van der Waals surface area contributed by atoms with Gasteiger partial charge in [0.25, 0.3) is 0 Å². The molecule has 10 atom stereocenters. The van der Waals surface area contributed by atoms with Gasteiger partial charge >= 0.3 is 0 Å². The second-order valence-corrected chi connectivity index (χ2v) is 18.5. The van der Waals surface area contributed by atoms with Gasteiger partial charge in [0.2, 0.25) is 0 Å². The smallest absolute Gasteiger partial charge is 0.0983 e. The fraction of sp³-hybridized carbons (Fsp3) is 0.825. The third-order valence-electron chi connectivity index (χ3n) is 14.6. The van der Waals surface area contributed by atoms with Crippen molar-refractivity contribution in [3.8, 4) is 0 Å². The minimum absolute atomic E-state index is 0.121. The SMILES string of the molecule is C=C(NCCc1ccncc1)C12CCC(C)C1C1CCC3C(C)(CCC4C(C)(C)C(OOCC(C)(C)C)CCC43C)C1CC2. The minimum atomic E-state index is 0.121. The monoisotopic (exact) mass is 604 g/mol. The van der Waals surface area contributed by atoms with Crippen LogP contribution in [-0.4, -0.2) is 24.2 Å². The zero-order valence-corrected chi connectivity index (χ0v) is 29.5. The van der Waals surface area contributed by atoms with Gasteiger partial charge in [-0.15, -0.1) is 0 Å². The van der Waals surface area contributed by atoms with E-state index in [0.717, 1.165) is 49.0 Å². The third-order valence-corrected chi connectivity index (χ3v) is 14.6. The van der Waals surface area contributed by atoms with E-state index in [9.17, 15) is 0 Å². The van der Waals surface area contributed by atoms with Crippen molar-refractivity contribution in [3.63, 3.8) is 0 Å². The molecule has 246 valence electrons. The van der Waals surface area contributed by atoms with Crippen molar-refractivity contribution in [1.82, 2.24) is 10.3 Å². The lowest BCUT2D eigenvalue weighted by atomic mass is 9.36. The number of aromatic nitrogens is 1. The summed E-state index contributed by atoms with van der Waals surface area (Å²) < 4.78 is 0. The molecule has 4 nitrogen and oxygen atoms in total. The maximum atomic E-state index is 6.24. The summed E-state index contributed by atoms with van der Waals surface area (Å²) in [5, 5.41) is 3.89. The van der Waals surface area contributed by atoms with E-state index in [2.05, 4.69) is 77.8 Å². The molecule has 1 heterocycles. The van der Waals surface area contributed by atoms with E-state index in [1.165, 1.54) is 69.0 Å². The average molecular weight is 605 g/mol.